The zero-order chi connectivity index (χ0) is 19.8. The van der Waals surface area contributed by atoms with Crippen molar-refractivity contribution in [1.82, 2.24) is 24.3 Å². The van der Waals surface area contributed by atoms with Crippen LogP contribution in [0.15, 0.2) is 53.7 Å². The fourth-order valence-electron chi connectivity index (χ4n) is 3.14. The van der Waals surface area contributed by atoms with Crippen molar-refractivity contribution in [2.45, 2.75) is 30.8 Å². The van der Waals surface area contributed by atoms with Gasteiger partial charge in [-0.3, -0.25) is 4.57 Å². The topological polar surface area (TPSA) is 48.5 Å². The molecule has 2 aromatic heterocycles. The smallest absolute Gasteiger partial charge is 0.305 e. The number of thioether (sulfide) groups is 1. The minimum Gasteiger partial charge on any atom is -0.305 e. The summed E-state index contributed by atoms with van der Waals surface area (Å²) in [5.41, 5.74) is 3.11. The molecule has 0 amide bonds. The van der Waals surface area contributed by atoms with Gasteiger partial charge in [-0.25, -0.2) is 4.98 Å². The number of imidazole rings is 1. The van der Waals surface area contributed by atoms with Gasteiger partial charge in [-0.05, 0) is 26.0 Å². The van der Waals surface area contributed by atoms with Gasteiger partial charge in [0, 0.05) is 12.6 Å². The van der Waals surface area contributed by atoms with E-state index in [2.05, 4.69) is 15.2 Å². The van der Waals surface area contributed by atoms with E-state index in [1.807, 2.05) is 49.7 Å². The van der Waals surface area contributed by atoms with Crippen molar-refractivity contribution in [1.29, 1.82) is 0 Å². The van der Waals surface area contributed by atoms with Crippen LogP contribution in [0.4, 0.5) is 8.78 Å². The van der Waals surface area contributed by atoms with Crippen molar-refractivity contribution in [2.24, 2.45) is 7.05 Å². The van der Waals surface area contributed by atoms with E-state index >= 15 is 0 Å². The van der Waals surface area contributed by atoms with Crippen LogP contribution < -0.4 is 0 Å². The first-order valence-electron chi connectivity index (χ1n) is 8.84. The summed E-state index contributed by atoms with van der Waals surface area (Å²) in [5, 5.41) is 8.86. The van der Waals surface area contributed by atoms with E-state index < -0.39 is 6.55 Å². The molecular weight excluding hydrogens is 380 g/mol. The predicted molar refractivity (Wildman–Crippen MR) is 106 cm³/mol. The lowest BCUT2D eigenvalue weighted by molar-refractivity contribution is 0.0715. The molecule has 4 rings (SSSR count). The maximum Gasteiger partial charge on any atom is 0.320 e. The van der Waals surface area contributed by atoms with Crippen molar-refractivity contribution in [3.05, 3.63) is 59.9 Å². The van der Waals surface area contributed by atoms with Crippen LogP contribution in [0.25, 0.3) is 22.4 Å². The van der Waals surface area contributed by atoms with Crippen LogP contribution in [-0.4, -0.2) is 24.3 Å². The minimum atomic E-state index is -2.66. The number of aromatic nitrogens is 5. The van der Waals surface area contributed by atoms with Crippen LogP contribution in [0.5, 0.6) is 0 Å². The number of rotatable bonds is 5. The lowest BCUT2D eigenvalue weighted by Crippen LogP contribution is -2.07. The van der Waals surface area contributed by atoms with Crippen molar-refractivity contribution >= 4 is 22.8 Å². The molecule has 0 saturated heterocycles. The van der Waals surface area contributed by atoms with Crippen molar-refractivity contribution in [3.63, 3.8) is 0 Å². The van der Waals surface area contributed by atoms with Crippen molar-refractivity contribution in [2.75, 3.05) is 0 Å². The molecule has 0 aliphatic rings. The standard InChI is InChI=1S/C20H19F2N5S/c1-12-8-10-14(11-9-12)18-24-25-20(26(18)3)28-13(2)17-23-15-6-4-5-7-16(15)27(17)19(21)22/h4-11,13,19H,1-3H3/t13-/m1/s1. The van der Waals surface area contributed by atoms with Gasteiger partial charge in [0.25, 0.3) is 0 Å². The summed E-state index contributed by atoms with van der Waals surface area (Å²) >= 11 is 1.36. The van der Waals surface area contributed by atoms with Gasteiger partial charge in [0.15, 0.2) is 11.0 Å². The molecule has 144 valence electrons. The monoisotopic (exact) mass is 399 g/mol. The van der Waals surface area contributed by atoms with Gasteiger partial charge in [0.05, 0.1) is 16.3 Å². The van der Waals surface area contributed by atoms with Crippen LogP contribution >= 0.6 is 11.8 Å². The Hall–Kier alpha value is -2.74. The fraction of sp³-hybridized carbons (Fsp3) is 0.250. The average molecular weight is 399 g/mol. The van der Waals surface area contributed by atoms with Gasteiger partial charge < -0.3 is 4.57 Å². The number of fused-ring (bicyclic) bond motifs is 1. The molecule has 8 heteroatoms. The number of nitrogens with zero attached hydrogens (tertiary/aromatic N) is 5. The largest absolute Gasteiger partial charge is 0.320 e. The van der Waals surface area contributed by atoms with Crippen LogP contribution in [-0.2, 0) is 7.05 Å². The Balaban J connectivity index is 1.66. The Labute approximate surface area is 165 Å². The molecular formula is C20H19F2N5S. The SMILES string of the molecule is Cc1ccc(-c2nnc(S[C@H](C)c3nc4ccccc4n3C(F)F)n2C)cc1. The molecule has 5 nitrogen and oxygen atoms in total. The summed E-state index contributed by atoms with van der Waals surface area (Å²) in [7, 11) is 1.88. The normalized spacial score (nSPS) is 12.8. The van der Waals surface area contributed by atoms with E-state index in [9.17, 15) is 8.78 Å². The highest BCUT2D eigenvalue weighted by atomic mass is 32.2. The first-order valence-corrected chi connectivity index (χ1v) is 9.71. The van der Waals surface area contributed by atoms with Crippen LogP contribution in [0.2, 0.25) is 0 Å². The van der Waals surface area contributed by atoms with E-state index in [0.717, 1.165) is 16.0 Å². The number of benzene rings is 2. The number of alkyl halides is 2. The third kappa shape index (κ3) is 3.28. The quantitative estimate of drug-likeness (QED) is 0.422. The first-order chi connectivity index (χ1) is 13.5. The number of aryl methyl sites for hydroxylation is 1. The lowest BCUT2D eigenvalue weighted by atomic mass is 10.1. The summed E-state index contributed by atoms with van der Waals surface area (Å²) in [5.74, 6) is 1.05. The highest BCUT2D eigenvalue weighted by Gasteiger charge is 2.24. The molecule has 28 heavy (non-hydrogen) atoms. The highest BCUT2D eigenvalue weighted by Crippen LogP contribution is 2.37. The molecule has 0 saturated carbocycles. The van der Waals surface area contributed by atoms with Crippen molar-refractivity contribution < 1.29 is 8.78 Å². The maximum atomic E-state index is 13.7. The summed E-state index contributed by atoms with van der Waals surface area (Å²) in [6.45, 7) is 1.22. The van der Waals surface area contributed by atoms with E-state index in [4.69, 9.17) is 0 Å². The summed E-state index contributed by atoms with van der Waals surface area (Å²) < 4.78 is 30.3. The van der Waals surface area contributed by atoms with Gasteiger partial charge in [-0.15, -0.1) is 10.2 Å². The number of hydrogen-bond acceptors (Lipinski definition) is 4. The molecule has 1 atom stereocenters. The average Bonchev–Trinajstić information content (AvgIpc) is 3.24. The first kappa shape index (κ1) is 18.6. The Morgan fingerprint density at radius 2 is 1.71 bits per heavy atom. The Bertz CT molecular complexity index is 1120. The van der Waals surface area contributed by atoms with Crippen LogP contribution in [0, 0.1) is 6.92 Å². The van der Waals surface area contributed by atoms with E-state index in [1.165, 1.54) is 17.3 Å². The van der Waals surface area contributed by atoms with Gasteiger partial charge in [-0.2, -0.15) is 8.78 Å². The third-order valence-electron chi connectivity index (χ3n) is 4.61. The fourth-order valence-corrected chi connectivity index (χ4v) is 4.06. The lowest BCUT2D eigenvalue weighted by Gasteiger charge is -2.13. The molecule has 2 aromatic carbocycles. The summed E-state index contributed by atoms with van der Waals surface area (Å²) in [4.78, 5) is 4.44. The maximum absolute atomic E-state index is 13.7. The van der Waals surface area contributed by atoms with Gasteiger partial charge in [0.1, 0.15) is 5.82 Å². The minimum absolute atomic E-state index is 0.320. The van der Waals surface area contributed by atoms with E-state index in [1.54, 1.807) is 24.3 Å². The Morgan fingerprint density at radius 3 is 2.43 bits per heavy atom. The molecule has 0 spiro atoms. The number of halogens is 2. The molecule has 0 radical (unpaired) electrons. The number of para-hydroxylation sites is 2. The van der Waals surface area contributed by atoms with Crippen molar-refractivity contribution in [3.8, 4) is 11.4 Å². The summed E-state index contributed by atoms with van der Waals surface area (Å²) in [6.07, 6.45) is 0. The molecule has 4 aromatic rings. The molecule has 0 aliphatic heterocycles. The predicted octanol–water partition coefficient (Wildman–Crippen LogP) is 5.39. The van der Waals surface area contributed by atoms with Gasteiger partial charge in [0.2, 0.25) is 0 Å². The molecule has 0 bridgehead atoms. The zero-order valence-corrected chi connectivity index (χ0v) is 16.5. The van der Waals surface area contributed by atoms with Gasteiger partial charge in [-0.1, -0.05) is 53.7 Å². The van der Waals surface area contributed by atoms with Crippen LogP contribution in [0.1, 0.15) is 30.1 Å². The molecule has 0 fully saturated rings. The summed E-state index contributed by atoms with van der Waals surface area (Å²) in [6, 6.07) is 15.0. The second-order valence-corrected chi connectivity index (χ2v) is 7.91. The van der Waals surface area contributed by atoms with E-state index in [-0.39, 0.29) is 5.25 Å². The highest BCUT2D eigenvalue weighted by molar-refractivity contribution is 7.99. The zero-order valence-electron chi connectivity index (χ0n) is 15.7. The third-order valence-corrected chi connectivity index (χ3v) is 5.74. The molecule has 0 aliphatic carbocycles. The molecule has 2 heterocycles. The van der Waals surface area contributed by atoms with Crippen LogP contribution in [0.3, 0.4) is 0 Å². The Kier molecular flexibility index (Phi) is 4.89. The molecule has 0 N–H and O–H groups in total. The Morgan fingerprint density at radius 1 is 1.00 bits per heavy atom. The van der Waals surface area contributed by atoms with Gasteiger partial charge >= 0.3 is 6.55 Å². The second-order valence-electron chi connectivity index (χ2n) is 6.60. The van der Waals surface area contributed by atoms with E-state index in [0.29, 0.717) is 22.0 Å². The number of hydrogen-bond donors (Lipinski definition) is 0. The molecule has 0 unspecified atom stereocenters. The second kappa shape index (κ2) is 7.35.